The van der Waals surface area contributed by atoms with Crippen molar-refractivity contribution in [2.24, 2.45) is 7.05 Å². The highest BCUT2D eigenvalue weighted by atomic mass is 35.5. The van der Waals surface area contributed by atoms with E-state index in [1.165, 1.54) is 12.1 Å². The maximum atomic E-state index is 12.9. The molecule has 1 aliphatic heterocycles. The lowest BCUT2D eigenvalue weighted by atomic mass is 10.2. The van der Waals surface area contributed by atoms with E-state index < -0.39 is 0 Å². The number of hydrogen-bond acceptors (Lipinski definition) is 3. The summed E-state index contributed by atoms with van der Waals surface area (Å²) in [4.78, 5) is 16.5. The Kier molecular flexibility index (Phi) is 4.63. The fraction of sp³-hybridized carbons (Fsp3) is 0.375. The van der Waals surface area contributed by atoms with Crippen LogP contribution in [0, 0.1) is 5.82 Å². The van der Waals surface area contributed by atoms with Crippen LogP contribution < -0.4 is 0 Å². The number of carbonyl (C=O) groups is 1. The molecule has 0 spiro atoms. The van der Waals surface area contributed by atoms with E-state index in [1.807, 2.05) is 0 Å². The first-order valence-electron chi connectivity index (χ1n) is 7.48. The molecule has 7 heteroatoms. The number of halogens is 2. The van der Waals surface area contributed by atoms with Gasteiger partial charge in [-0.05, 0) is 17.7 Å². The zero-order valence-corrected chi connectivity index (χ0v) is 13.6. The first-order chi connectivity index (χ1) is 11.0. The summed E-state index contributed by atoms with van der Waals surface area (Å²) in [6.45, 7) is 3.56. The number of aryl methyl sites for hydroxylation is 1. The van der Waals surface area contributed by atoms with Gasteiger partial charge >= 0.3 is 0 Å². The molecule has 5 nitrogen and oxygen atoms in total. The van der Waals surface area contributed by atoms with Gasteiger partial charge in [-0.25, -0.2) is 4.39 Å². The Morgan fingerprint density at radius 1 is 1.22 bits per heavy atom. The number of rotatable bonds is 3. The van der Waals surface area contributed by atoms with E-state index in [1.54, 1.807) is 35.0 Å². The Bertz CT molecular complexity index is 693. The minimum Gasteiger partial charge on any atom is -0.335 e. The maximum Gasteiger partial charge on any atom is 0.276 e. The highest BCUT2D eigenvalue weighted by molar-refractivity contribution is 6.33. The van der Waals surface area contributed by atoms with Crippen molar-refractivity contribution in [1.29, 1.82) is 0 Å². The van der Waals surface area contributed by atoms with Crippen LogP contribution in [0.25, 0.3) is 0 Å². The number of piperazine rings is 1. The molecule has 1 fully saturated rings. The molecule has 0 aliphatic carbocycles. The van der Waals surface area contributed by atoms with Crippen LogP contribution in [-0.2, 0) is 13.6 Å². The van der Waals surface area contributed by atoms with Gasteiger partial charge in [0.15, 0.2) is 5.69 Å². The predicted octanol–water partition coefficient (Wildman–Crippen LogP) is 2.17. The summed E-state index contributed by atoms with van der Waals surface area (Å²) >= 11 is 6.04. The maximum absolute atomic E-state index is 12.9. The summed E-state index contributed by atoms with van der Waals surface area (Å²) < 4.78 is 14.5. The summed E-state index contributed by atoms with van der Waals surface area (Å²) in [7, 11) is 1.74. The van der Waals surface area contributed by atoms with Crippen LogP contribution in [0.2, 0.25) is 5.02 Å². The molecule has 0 radical (unpaired) electrons. The lowest BCUT2D eigenvalue weighted by molar-refractivity contribution is 0.0622. The van der Waals surface area contributed by atoms with Gasteiger partial charge in [0.2, 0.25) is 0 Å². The van der Waals surface area contributed by atoms with E-state index in [4.69, 9.17) is 11.6 Å². The molecule has 0 atom stereocenters. The molecule has 2 heterocycles. The molecule has 1 amide bonds. The Balaban J connectivity index is 1.57. The fourth-order valence-corrected chi connectivity index (χ4v) is 2.97. The second kappa shape index (κ2) is 6.68. The molecule has 0 unspecified atom stereocenters. The Labute approximate surface area is 139 Å². The van der Waals surface area contributed by atoms with Crippen LogP contribution in [-0.4, -0.2) is 51.7 Å². The molecule has 23 heavy (non-hydrogen) atoms. The molecule has 1 aliphatic rings. The van der Waals surface area contributed by atoms with Gasteiger partial charge in [-0.1, -0.05) is 23.7 Å². The average molecular weight is 337 g/mol. The van der Waals surface area contributed by atoms with Crippen molar-refractivity contribution < 1.29 is 9.18 Å². The topological polar surface area (TPSA) is 41.4 Å². The molecule has 122 valence electrons. The first-order valence-corrected chi connectivity index (χ1v) is 7.86. The highest BCUT2D eigenvalue weighted by Gasteiger charge is 2.25. The quantitative estimate of drug-likeness (QED) is 0.862. The third-order valence-electron chi connectivity index (χ3n) is 3.97. The van der Waals surface area contributed by atoms with E-state index in [2.05, 4.69) is 10.00 Å². The van der Waals surface area contributed by atoms with Crippen LogP contribution in [0.1, 0.15) is 16.1 Å². The van der Waals surface area contributed by atoms with Crippen molar-refractivity contribution in [2.45, 2.75) is 6.54 Å². The predicted molar refractivity (Wildman–Crippen MR) is 85.8 cm³/mol. The van der Waals surface area contributed by atoms with E-state index in [0.29, 0.717) is 23.8 Å². The second-order valence-corrected chi connectivity index (χ2v) is 6.10. The molecule has 0 N–H and O–H groups in total. The molecule has 1 saturated heterocycles. The number of hydrogen-bond donors (Lipinski definition) is 0. The van der Waals surface area contributed by atoms with E-state index in [0.717, 1.165) is 25.2 Å². The molecular weight excluding hydrogens is 319 g/mol. The minimum absolute atomic E-state index is 0.128. The molecule has 3 rings (SSSR count). The fourth-order valence-electron chi connectivity index (χ4n) is 2.71. The van der Waals surface area contributed by atoms with Gasteiger partial charge in [-0.15, -0.1) is 0 Å². The molecule has 1 aromatic carbocycles. The van der Waals surface area contributed by atoms with Gasteiger partial charge in [-0.2, -0.15) is 5.10 Å². The minimum atomic E-state index is -0.226. The van der Waals surface area contributed by atoms with Gasteiger partial charge in [0.1, 0.15) is 5.82 Å². The standard InChI is InChI=1S/C16H18ClFN4O/c1-20-11-14(17)15(19-20)16(23)22-8-6-21(7-9-22)10-12-2-4-13(18)5-3-12/h2-5,11H,6-10H2,1H3. The number of nitrogens with zero attached hydrogens (tertiary/aromatic N) is 4. The van der Waals surface area contributed by atoms with E-state index in [9.17, 15) is 9.18 Å². The Hall–Kier alpha value is -1.92. The number of aromatic nitrogens is 2. The monoisotopic (exact) mass is 336 g/mol. The van der Waals surface area contributed by atoms with Gasteiger partial charge in [-0.3, -0.25) is 14.4 Å². The van der Waals surface area contributed by atoms with Gasteiger partial charge in [0, 0.05) is 46.0 Å². The van der Waals surface area contributed by atoms with Crippen molar-refractivity contribution >= 4 is 17.5 Å². The summed E-state index contributed by atoms with van der Waals surface area (Å²) in [5.74, 6) is -0.353. The summed E-state index contributed by atoms with van der Waals surface area (Å²) in [5.41, 5.74) is 1.38. The van der Waals surface area contributed by atoms with Crippen LogP contribution in [0.15, 0.2) is 30.5 Å². The SMILES string of the molecule is Cn1cc(Cl)c(C(=O)N2CCN(Cc3ccc(F)cc3)CC2)n1. The largest absolute Gasteiger partial charge is 0.335 e. The van der Waals surface area contributed by atoms with Crippen LogP contribution in [0.4, 0.5) is 4.39 Å². The third-order valence-corrected chi connectivity index (χ3v) is 4.24. The summed E-state index contributed by atoms with van der Waals surface area (Å²) in [5, 5.41) is 4.51. The van der Waals surface area contributed by atoms with Crippen molar-refractivity contribution in [1.82, 2.24) is 19.6 Å². The second-order valence-electron chi connectivity index (χ2n) is 5.69. The van der Waals surface area contributed by atoms with Crippen LogP contribution in [0.3, 0.4) is 0 Å². The summed E-state index contributed by atoms with van der Waals surface area (Å²) in [6, 6.07) is 6.53. The van der Waals surface area contributed by atoms with Crippen molar-refractivity contribution in [3.05, 3.63) is 52.6 Å². The molecule has 1 aromatic heterocycles. The van der Waals surface area contributed by atoms with E-state index >= 15 is 0 Å². The molecule has 2 aromatic rings. The Morgan fingerprint density at radius 3 is 2.43 bits per heavy atom. The van der Waals surface area contributed by atoms with Gasteiger partial charge < -0.3 is 4.90 Å². The van der Waals surface area contributed by atoms with Crippen molar-refractivity contribution in [3.63, 3.8) is 0 Å². The highest BCUT2D eigenvalue weighted by Crippen LogP contribution is 2.17. The van der Waals surface area contributed by atoms with Crippen molar-refractivity contribution in [3.8, 4) is 0 Å². The zero-order chi connectivity index (χ0) is 16.4. The van der Waals surface area contributed by atoms with Gasteiger partial charge in [0.05, 0.1) is 5.02 Å². The first kappa shape index (κ1) is 16.0. The molecule has 0 saturated carbocycles. The smallest absolute Gasteiger partial charge is 0.276 e. The number of carbonyl (C=O) groups excluding carboxylic acids is 1. The zero-order valence-electron chi connectivity index (χ0n) is 12.9. The Morgan fingerprint density at radius 2 is 1.87 bits per heavy atom. The van der Waals surface area contributed by atoms with Crippen molar-refractivity contribution in [2.75, 3.05) is 26.2 Å². The van der Waals surface area contributed by atoms with Crippen LogP contribution in [0.5, 0.6) is 0 Å². The number of amides is 1. The molecule has 0 bridgehead atoms. The third kappa shape index (κ3) is 3.71. The van der Waals surface area contributed by atoms with Gasteiger partial charge in [0.25, 0.3) is 5.91 Å². The van der Waals surface area contributed by atoms with E-state index in [-0.39, 0.29) is 11.7 Å². The number of benzene rings is 1. The van der Waals surface area contributed by atoms with Crippen LogP contribution >= 0.6 is 11.6 Å². The molecular formula is C16H18ClFN4O. The lowest BCUT2D eigenvalue weighted by Crippen LogP contribution is -2.48. The normalized spacial score (nSPS) is 15.9. The summed E-state index contributed by atoms with van der Waals surface area (Å²) in [6.07, 6.45) is 1.62. The lowest BCUT2D eigenvalue weighted by Gasteiger charge is -2.34. The average Bonchev–Trinajstić information content (AvgIpc) is 2.88.